The van der Waals surface area contributed by atoms with Crippen molar-refractivity contribution >= 4 is 31.2 Å². The van der Waals surface area contributed by atoms with Gasteiger partial charge in [-0.05, 0) is 55.3 Å². The number of carbonyl (C=O) groups is 1. The van der Waals surface area contributed by atoms with E-state index in [1.807, 2.05) is 13.0 Å². The molecule has 0 saturated heterocycles. The van der Waals surface area contributed by atoms with Crippen molar-refractivity contribution in [2.75, 3.05) is 32.8 Å². The third-order valence-electron chi connectivity index (χ3n) is 5.88. The summed E-state index contributed by atoms with van der Waals surface area (Å²) in [6, 6.07) is 7.93. The third-order valence-corrected chi connectivity index (χ3v) is 6.87. The van der Waals surface area contributed by atoms with Crippen molar-refractivity contribution in [2.45, 2.75) is 26.6 Å². The third kappa shape index (κ3) is 6.22. The Hall–Kier alpha value is -3.51. The lowest BCUT2D eigenvalue weighted by atomic mass is 10.1. The van der Waals surface area contributed by atoms with Crippen LogP contribution in [0.3, 0.4) is 0 Å². The van der Waals surface area contributed by atoms with Crippen molar-refractivity contribution in [1.82, 2.24) is 24.7 Å². The molecule has 0 unspecified atom stereocenters. The van der Waals surface area contributed by atoms with Gasteiger partial charge in [-0.2, -0.15) is 18.3 Å². The molecule has 1 amide bonds. The monoisotopic (exact) mass is 562 g/mol. The van der Waals surface area contributed by atoms with Crippen LogP contribution in [-0.2, 0) is 26.3 Å². The number of pyridine rings is 1. The highest BCUT2D eigenvalue weighted by atomic mass is 31.2. The zero-order valence-corrected chi connectivity index (χ0v) is 22.7. The van der Waals surface area contributed by atoms with Crippen molar-refractivity contribution in [3.05, 3.63) is 65.2 Å². The van der Waals surface area contributed by atoms with Crippen LogP contribution in [0.2, 0.25) is 0 Å². The summed E-state index contributed by atoms with van der Waals surface area (Å²) < 4.78 is 56.5. The van der Waals surface area contributed by atoms with Gasteiger partial charge in [0, 0.05) is 38.7 Å². The van der Waals surface area contributed by atoms with Gasteiger partial charge in [0.2, 0.25) is 0 Å². The maximum absolute atomic E-state index is 13.3. The fraction of sp³-hybridized carbons (Fsp3) is 0.320. The highest BCUT2D eigenvalue weighted by molar-refractivity contribution is 7.41. The van der Waals surface area contributed by atoms with Gasteiger partial charge < -0.3 is 18.5 Å². The molecule has 4 aromatic rings. The number of rotatable bonds is 9. The van der Waals surface area contributed by atoms with E-state index in [1.165, 1.54) is 31.5 Å². The smallest absolute Gasteiger partial charge is 0.316 e. The van der Waals surface area contributed by atoms with E-state index in [0.29, 0.717) is 40.4 Å². The van der Waals surface area contributed by atoms with E-state index >= 15 is 0 Å². The lowest BCUT2D eigenvalue weighted by Gasteiger charge is -2.21. The first kappa shape index (κ1) is 28.5. The molecule has 0 bridgehead atoms. The van der Waals surface area contributed by atoms with Gasteiger partial charge >= 0.3 is 14.8 Å². The predicted octanol–water partition coefficient (Wildman–Crippen LogP) is 5.34. The Morgan fingerprint density at radius 2 is 1.82 bits per heavy atom. The minimum atomic E-state index is -4.56. The number of aromatic nitrogens is 5. The van der Waals surface area contributed by atoms with Crippen molar-refractivity contribution in [1.29, 1.82) is 0 Å². The number of alkyl halides is 3. The second-order valence-electron chi connectivity index (χ2n) is 8.48. The summed E-state index contributed by atoms with van der Waals surface area (Å²) >= 11 is 0. The van der Waals surface area contributed by atoms with E-state index in [1.54, 1.807) is 36.9 Å². The quantitative estimate of drug-likeness (QED) is 0.252. The zero-order chi connectivity index (χ0) is 28.3. The van der Waals surface area contributed by atoms with E-state index in [0.717, 1.165) is 11.6 Å². The molecule has 3 heterocycles. The molecule has 10 nitrogen and oxygen atoms in total. The molecule has 0 aliphatic rings. The Morgan fingerprint density at radius 1 is 1.08 bits per heavy atom. The Labute approximate surface area is 223 Å². The topological polar surface area (TPSA) is 104 Å². The summed E-state index contributed by atoms with van der Waals surface area (Å²) in [4.78, 5) is 27.2. The summed E-state index contributed by atoms with van der Waals surface area (Å²) in [5.74, 6) is 0.0640. The minimum absolute atomic E-state index is 0.0628. The number of aryl methyl sites for hydroxylation is 2. The second-order valence-corrected chi connectivity index (χ2v) is 9.91. The van der Waals surface area contributed by atoms with Gasteiger partial charge in [-0.15, -0.1) is 0 Å². The molecule has 0 radical (unpaired) electrons. The molecule has 0 spiro atoms. The van der Waals surface area contributed by atoms with Crippen LogP contribution in [-0.4, -0.2) is 58.5 Å². The summed E-state index contributed by atoms with van der Waals surface area (Å²) in [7, 11) is 3.18. The van der Waals surface area contributed by atoms with Crippen molar-refractivity contribution < 1.29 is 31.5 Å². The number of amides is 1. The lowest BCUT2D eigenvalue weighted by Crippen LogP contribution is -2.29. The highest BCUT2D eigenvalue weighted by Gasteiger charge is 2.33. The first-order chi connectivity index (χ1) is 18.5. The lowest BCUT2D eigenvalue weighted by molar-refractivity contribution is -0.141. The molecule has 0 aliphatic carbocycles. The van der Waals surface area contributed by atoms with E-state index in [2.05, 4.69) is 20.1 Å². The number of halogens is 3. The number of nitrogens with zero attached hydrogens (tertiary/aromatic N) is 6. The first-order valence-electron chi connectivity index (χ1n) is 11.7. The zero-order valence-electron chi connectivity index (χ0n) is 21.9. The molecule has 3 aromatic heterocycles. The number of fused-ring (bicyclic) bond motifs is 1. The van der Waals surface area contributed by atoms with Crippen molar-refractivity contribution in [3.63, 3.8) is 0 Å². The van der Waals surface area contributed by atoms with Gasteiger partial charge in [0.25, 0.3) is 5.91 Å². The summed E-state index contributed by atoms with van der Waals surface area (Å²) in [6.45, 7) is 3.96. The van der Waals surface area contributed by atoms with Crippen LogP contribution < -0.4 is 4.90 Å². The SMILES string of the molecule is COP(OC)OCCn1nccc1C(=O)N(C)c1ccc(-c2ncc3nc(C(F)(F)F)cc(C)c3n2)cc1C. The van der Waals surface area contributed by atoms with E-state index in [-0.39, 0.29) is 18.0 Å². The highest BCUT2D eigenvalue weighted by Crippen LogP contribution is 2.37. The Bertz CT molecular complexity index is 1490. The molecule has 1 aromatic carbocycles. The maximum atomic E-state index is 13.3. The molecule has 0 aliphatic heterocycles. The molecule has 206 valence electrons. The number of benzene rings is 1. The van der Waals surface area contributed by atoms with Crippen LogP contribution in [0.25, 0.3) is 22.4 Å². The number of carbonyl (C=O) groups excluding carboxylic acids is 1. The maximum Gasteiger partial charge on any atom is 0.433 e. The fourth-order valence-corrected chi connectivity index (χ4v) is 4.58. The van der Waals surface area contributed by atoms with Crippen LogP contribution >= 0.6 is 8.60 Å². The van der Waals surface area contributed by atoms with Crippen LogP contribution in [0.1, 0.15) is 27.3 Å². The van der Waals surface area contributed by atoms with Crippen molar-refractivity contribution in [2.24, 2.45) is 0 Å². The van der Waals surface area contributed by atoms with Crippen molar-refractivity contribution in [3.8, 4) is 11.4 Å². The van der Waals surface area contributed by atoms with Crippen LogP contribution in [0.4, 0.5) is 18.9 Å². The number of anilines is 1. The minimum Gasteiger partial charge on any atom is -0.316 e. The largest absolute Gasteiger partial charge is 0.433 e. The fourth-order valence-electron chi connectivity index (χ4n) is 3.99. The standard InChI is InChI=1S/C25H26F3N6O4P/c1-15-12-17(23-29-14-18-22(32-23)16(2)13-21(31-18)25(26,27)28)6-7-19(15)33(3)24(35)20-8-9-30-34(20)10-11-38-39(36-4)37-5/h6-9,12-14H,10-11H2,1-5H3. The second kappa shape index (κ2) is 11.7. The first-order valence-corrected chi connectivity index (χ1v) is 12.8. The Morgan fingerprint density at radius 3 is 2.49 bits per heavy atom. The molecule has 0 N–H and O–H groups in total. The number of hydrogen-bond acceptors (Lipinski definition) is 8. The van der Waals surface area contributed by atoms with Crippen LogP contribution in [0.15, 0.2) is 42.7 Å². The van der Waals surface area contributed by atoms with Crippen LogP contribution in [0, 0.1) is 13.8 Å². The molecule has 0 atom stereocenters. The average Bonchev–Trinajstić information content (AvgIpc) is 3.38. The van der Waals surface area contributed by atoms with E-state index in [9.17, 15) is 18.0 Å². The van der Waals surface area contributed by atoms with Gasteiger partial charge in [0.15, 0.2) is 5.82 Å². The molecule has 4 rings (SSSR count). The van der Waals surface area contributed by atoms with E-state index in [4.69, 9.17) is 13.6 Å². The van der Waals surface area contributed by atoms with Gasteiger partial charge in [0.05, 0.1) is 24.9 Å². The predicted molar refractivity (Wildman–Crippen MR) is 139 cm³/mol. The van der Waals surface area contributed by atoms with Gasteiger partial charge in [-0.1, -0.05) is 0 Å². The number of hydrogen-bond donors (Lipinski definition) is 0. The van der Waals surface area contributed by atoms with Gasteiger partial charge in [-0.3, -0.25) is 9.48 Å². The molecule has 39 heavy (non-hydrogen) atoms. The molecule has 14 heteroatoms. The summed E-state index contributed by atoms with van der Waals surface area (Å²) in [6.07, 6.45) is -1.73. The normalized spacial score (nSPS) is 11.9. The molecular weight excluding hydrogens is 536 g/mol. The van der Waals surface area contributed by atoms with Crippen LogP contribution in [0.5, 0.6) is 0 Å². The molecular formula is C25H26F3N6O4P. The average molecular weight is 562 g/mol. The van der Waals surface area contributed by atoms with Gasteiger partial charge in [0.1, 0.15) is 16.9 Å². The Kier molecular flexibility index (Phi) is 8.55. The summed E-state index contributed by atoms with van der Waals surface area (Å²) in [5, 5.41) is 4.22. The van der Waals surface area contributed by atoms with E-state index < -0.39 is 20.5 Å². The Balaban J connectivity index is 1.54. The molecule has 0 saturated carbocycles. The molecule has 0 fully saturated rings. The summed E-state index contributed by atoms with van der Waals surface area (Å²) in [5.41, 5.74) is 2.21. The van der Waals surface area contributed by atoms with Gasteiger partial charge in [-0.25, -0.2) is 15.0 Å².